The lowest BCUT2D eigenvalue weighted by molar-refractivity contribution is -0.155. The summed E-state index contributed by atoms with van der Waals surface area (Å²) in [5, 5.41) is 8.12. The molecule has 8 rings (SSSR count). The number of benzene rings is 1. The number of carbonyl (C=O) groups is 5. The predicted molar refractivity (Wildman–Crippen MR) is 293 cm³/mol. The van der Waals surface area contributed by atoms with Crippen molar-refractivity contribution in [2.24, 2.45) is 11.3 Å². The first-order chi connectivity index (χ1) is 31.5. The molecule has 4 atom stereocenters. The summed E-state index contributed by atoms with van der Waals surface area (Å²) in [5.41, 5.74) is 8.80. The molecule has 4 aliphatic heterocycles. The van der Waals surface area contributed by atoms with Gasteiger partial charge in [0.2, 0.25) is 11.8 Å². The third-order valence-corrected chi connectivity index (χ3v) is 14.7. The van der Waals surface area contributed by atoms with Crippen molar-refractivity contribution in [1.29, 1.82) is 0 Å². The molecule has 0 aliphatic carbocycles. The van der Waals surface area contributed by atoms with Gasteiger partial charge in [0.1, 0.15) is 18.1 Å². The zero-order chi connectivity index (χ0) is 47.2. The summed E-state index contributed by atoms with van der Waals surface area (Å²) in [7, 11) is 3.30. The number of pyridine rings is 1. The molecule has 16 nitrogen and oxygen atoms in total. The Morgan fingerprint density at radius 1 is 1.10 bits per heavy atom. The summed E-state index contributed by atoms with van der Waals surface area (Å²) in [6.07, 6.45) is 5.23. The zero-order valence-corrected chi connectivity index (χ0v) is 46.2. The van der Waals surface area contributed by atoms with Gasteiger partial charge in [0, 0.05) is 92.3 Å². The summed E-state index contributed by atoms with van der Waals surface area (Å²) in [4.78, 5) is 84.2. The topological polar surface area (TPSA) is 172 Å². The van der Waals surface area contributed by atoms with Gasteiger partial charge in [-0.3, -0.25) is 29.2 Å². The fraction of sp³-hybridized carbons (Fsp3) is 0.531. The molecule has 6 bridgehead atoms. The predicted octanol–water partition coefficient (Wildman–Crippen LogP) is 6.20. The second-order valence-corrected chi connectivity index (χ2v) is 20.3. The molecule has 384 valence electrons. The SMILES string of the molecule is C=CC(=O)N1CC2(CCN2C(=O)N(C)[C@H](C(=O)N[C@H]2Cc3nc(cs3)-c3ccc4c(c3)c(c(-c3cccnc3[C@H](C)OC)n4CC)CC(C)(C)COC(=O)[C@@H]3CCCN(N3)C2=O)C(C)C)C1.S.S.S.S. The molecule has 21 heteroatoms. The van der Waals surface area contributed by atoms with Crippen molar-refractivity contribution in [2.75, 3.05) is 46.9 Å². The number of aryl methyl sites for hydroxylation is 1. The number of rotatable bonds is 9. The molecular formula is C49H71N9O7S5. The van der Waals surface area contributed by atoms with Crippen LogP contribution >= 0.6 is 65.3 Å². The van der Waals surface area contributed by atoms with Gasteiger partial charge < -0.3 is 34.1 Å². The van der Waals surface area contributed by atoms with Crippen LogP contribution in [0.4, 0.5) is 4.79 Å². The minimum atomic E-state index is -1.08. The van der Waals surface area contributed by atoms with E-state index >= 15 is 0 Å². The van der Waals surface area contributed by atoms with Gasteiger partial charge in [-0.05, 0) is 81.4 Å². The van der Waals surface area contributed by atoms with Gasteiger partial charge in [-0.1, -0.05) is 40.3 Å². The first-order valence-corrected chi connectivity index (χ1v) is 24.0. The minimum absolute atomic E-state index is 0. The highest BCUT2D eigenvalue weighted by atomic mass is 32.1. The zero-order valence-electron chi connectivity index (χ0n) is 41.4. The molecule has 4 aliphatic rings. The number of urea groups is 1. The number of ether oxygens (including phenoxy) is 2. The first kappa shape index (κ1) is 58.3. The number of hydrazine groups is 1. The van der Waals surface area contributed by atoms with Crippen LogP contribution in [0.5, 0.6) is 0 Å². The van der Waals surface area contributed by atoms with E-state index in [2.05, 4.69) is 66.9 Å². The number of methoxy groups -OCH3 is 1. The normalized spacial score (nSPS) is 20.2. The molecule has 0 saturated carbocycles. The third-order valence-electron chi connectivity index (χ3n) is 13.8. The lowest BCUT2D eigenvalue weighted by atomic mass is 9.77. The quantitative estimate of drug-likeness (QED) is 0.145. The molecule has 1 aromatic carbocycles. The number of carbonyl (C=O) groups excluding carboxylic acids is 5. The molecule has 5 amide bonds. The van der Waals surface area contributed by atoms with Crippen molar-refractivity contribution in [3.63, 3.8) is 0 Å². The molecule has 70 heavy (non-hydrogen) atoms. The molecule has 4 aromatic rings. The lowest BCUT2D eigenvalue weighted by Crippen LogP contribution is -2.79. The Morgan fingerprint density at radius 3 is 2.47 bits per heavy atom. The number of nitrogens with zero attached hydrogens (tertiary/aromatic N) is 7. The summed E-state index contributed by atoms with van der Waals surface area (Å²) >= 11 is 1.41. The van der Waals surface area contributed by atoms with Crippen LogP contribution in [-0.2, 0) is 48.0 Å². The van der Waals surface area contributed by atoms with E-state index in [4.69, 9.17) is 19.4 Å². The number of cyclic esters (lactones) is 1. The third kappa shape index (κ3) is 11.2. The van der Waals surface area contributed by atoms with Gasteiger partial charge in [0.25, 0.3) is 5.91 Å². The van der Waals surface area contributed by atoms with E-state index in [1.54, 1.807) is 30.2 Å². The number of fused-ring (bicyclic) bond motifs is 6. The van der Waals surface area contributed by atoms with Gasteiger partial charge in [-0.25, -0.2) is 15.2 Å². The molecule has 1 spiro atoms. The maximum atomic E-state index is 14.7. The molecule has 3 saturated heterocycles. The summed E-state index contributed by atoms with van der Waals surface area (Å²) in [6, 6.07) is 7.31. The van der Waals surface area contributed by atoms with E-state index in [0.717, 1.165) is 51.1 Å². The van der Waals surface area contributed by atoms with Crippen LogP contribution in [0.15, 0.2) is 54.6 Å². The Bertz CT molecular complexity index is 2560. The number of amides is 5. The molecule has 0 radical (unpaired) electrons. The Morgan fingerprint density at radius 2 is 1.83 bits per heavy atom. The second-order valence-electron chi connectivity index (χ2n) is 19.4. The van der Waals surface area contributed by atoms with Crippen LogP contribution in [-0.4, -0.2) is 135 Å². The minimum Gasteiger partial charge on any atom is -0.464 e. The molecule has 7 heterocycles. The number of thiazole rings is 1. The van der Waals surface area contributed by atoms with Crippen molar-refractivity contribution < 1.29 is 33.4 Å². The number of nitrogens with one attached hydrogen (secondary N) is 2. The average molecular weight is 1060 g/mol. The summed E-state index contributed by atoms with van der Waals surface area (Å²) in [5.74, 6) is -1.85. The van der Waals surface area contributed by atoms with Crippen molar-refractivity contribution in [3.05, 3.63) is 70.8 Å². The highest BCUT2D eigenvalue weighted by Gasteiger charge is 2.57. The van der Waals surface area contributed by atoms with Crippen LogP contribution < -0.4 is 10.7 Å². The van der Waals surface area contributed by atoms with E-state index in [1.165, 1.54) is 27.3 Å². The highest BCUT2D eigenvalue weighted by molar-refractivity contribution is 7.59. The van der Waals surface area contributed by atoms with Crippen LogP contribution in [0.2, 0.25) is 0 Å². The monoisotopic (exact) mass is 1060 g/mol. The maximum absolute atomic E-state index is 14.7. The maximum Gasteiger partial charge on any atom is 0.324 e. The Hall–Kier alpha value is -4.25. The van der Waals surface area contributed by atoms with Crippen LogP contribution in [0.1, 0.15) is 83.2 Å². The van der Waals surface area contributed by atoms with Crippen molar-refractivity contribution in [1.82, 2.24) is 45.0 Å². The van der Waals surface area contributed by atoms with Gasteiger partial charge in [-0.15, -0.1) is 11.3 Å². The van der Waals surface area contributed by atoms with Crippen LogP contribution in [0.3, 0.4) is 0 Å². The van der Waals surface area contributed by atoms with Crippen molar-refractivity contribution >= 4 is 106 Å². The van der Waals surface area contributed by atoms with Gasteiger partial charge >= 0.3 is 12.0 Å². The van der Waals surface area contributed by atoms with Crippen molar-refractivity contribution in [3.8, 4) is 22.5 Å². The Kier molecular flexibility index (Phi) is 19.6. The number of esters is 1. The number of hydrogen-bond acceptors (Lipinski definition) is 11. The molecule has 0 unspecified atom stereocenters. The standard InChI is InChI=1S/C49H63N9O7S.4H2S/c1-10-40(59)55-26-49(27-55)18-21-57(49)47(63)54(8)42(29(3)4)44(60)52-36-23-39-51-37(25-66-39)31-16-17-38-33(22-31)34(43(56(38)11-2)32-14-12-19-50-41(32)30(5)64-9)24-48(6,7)28-65-46(62)35-15-13-20-58(53-35)45(36)61;;;;/h10,12,14,16-17,19,22,25,29-30,35-36,42,53H,1,11,13,15,18,20-21,23-24,26-28H2,2-9H3,(H,52,60);4*1H2/t30-,35-,36-,42-;;;;/m0..../s1. The number of likely N-dealkylation sites (tertiary alicyclic amines) is 2. The van der Waals surface area contributed by atoms with Gasteiger partial charge in [0.05, 0.1) is 40.3 Å². The fourth-order valence-electron chi connectivity index (χ4n) is 10.2. The van der Waals surface area contributed by atoms with E-state index < -0.39 is 46.9 Å². The summed E-state index contributed by atoms with van der Waals surface area (Å²) < 4.78 is 14.2. The number of likely N-dealkylation sites (N-methyl/N-ethyl adjacent to an activating group) is 1. The largest absolute Gasteiger partial charge is 0.464 e. The van der Waals surface area contributed by atoms with Gasteiger partial charge in [-0.2, -0.15) is 54.0 Å². The molecule has 3 fully saturated rings. The van der Waals surface area contributed by atoms with Crippen molar-refractivity contribution in [2.45, 2.75) is 110 Å². The van der Waals surface area contributed by atoms with E-state index in [9.17, 15) is 24.0 Å². The summed E-state index contributed by atoms with van der Waals surface area (Å²) in [6.45, 7) is 18.1. The van der Waals surface area contributed by atoms with E-state index in [-0.39, 0.29) is 91.0 Å². The van der Waals surface area contributed by atoms with Crippen LogP contribution in [0.25, 0.3) is 33.4 Å². The lowest BCUT2D eigenvalue weighted by Gasteiger charge is -2.62. The van der Waals surface area contributed by atoms with E-state index in [1.807, 2.05) is 32.2 Å². The average Bonchev–Trinajstić information content (AvgIpc) is 3.87. The molecule has 2 N–H and O–H groups in total. The first-order valence-electron chi connectivity index (χ1n) is 23.1. The van der Waals surface area contributed by atoms with E-state index in [0.29, 0.717) is 57.0 Å². The van der Waals surface area contributed by atoms with Gasteiger partial charge in [0.15, 0.2) is 0 Å². The van der Waals surface area contributed by atoms with Crippen LogP contribution in [0, 0.1) is 11.3 Å². The second kappa shape index (κ2) is 23.5. The highest BCUT2D eigenvalue weighted by Crippen LogP contribution is 2.43. The fourth-order valence-corrected chi connectivity index (χ4v) is 11.0. The Balaban J connectivity index is 0.00000266. The Labute approximate surface area is 443 Å². The number of aromatic nitrogens is 3. The molecule has 3 aromatic heterocycles. The smallest absolute Gasteiger partial charge is 0.324 e. The number of hydrogen-bond donors (Lipinski definition) is 2. The molecular weight excluding hydrogens is 987 g/mol.